The van der Waals surface area contributed by atoms with Crippen LogP contribution < -0.4 is 4.74 Å². The monoisotopic (exact) mass is 251 g/mol. The molecule has 0 saturated carbocycles. The van der Waals surface area contributed by atoms with Gasteiger partial charge in [-0.15, -0.1) is 0 Å². The zero-order chi connectivity index (χ0) is 12.5. The van der Waals surface area contributed by atoms with Gasteiger partial charge in [0.05, 0.1) is 19.3 Å². The molecule has 0 aromatic heterocycles. The second kappa shape index (κ2) is 4.86. The zero-order valence-electron chi connectivity index (χ0n) is 10.6. The Kier molecular flexibility index (Phi) is 3.22. The van der Waals surface area contributed by atoms with Crippen molar-refractivity contribution in [2.24, 2.45) is 0 Å². The molecular formula is C14H18FNO2. The van der Waals surface area contributed by atoms with E-state index < -0.39 is 0 Å². The first-order valence-electron chi connectivity index (χ1n) is 6.47. The van der Waals surface area contributed by atoms with Gasteiger partial charge in [0.1, 0.15) is 17.7 Å². The molecule has 0 amide bonds. The SMILES string of the molecule is Cc1ccc(F)cc1O[C@@H]1CCN(C2COC2)C1. The summed E-state index contributed by atoms with van der Waals surface area (Å²) in [5.41, 5.74) is 0.988. The first-order valence-corrected chi connectivity index (χ1v) is 6.47. The fraction of sp³-hybridized carbons (Fsp3) is 0.571. The molecule has 4 heteroatoms. The number of aryl methyl sites for hydroxylation is 1. The van der Waals surface area contributed by atoms with Gasteiger partial charge in [-0.25, -0.2) is 4.39 Å². The molecule has 2 fully saturated rings. The minimum atomic E-state index is -0.238. The summed E-state index contributed by atoms with van der Waals surface area (Å²) in [5, 5.41) is 0. The Morgan fingerprint density at radius 1 is 1.39 bits per heavy atom. The van der Waals surface area contributed by atoms with Crippen molar-refractivity contribution in [1.82, 2.24) is 4.90 Å². The van der Waals surface area contributed by atoms with Crippen LogP contribution in [0.3, 0.4) is 0 Å². The van der Waals surface area contributed by atoms with Crippen LogP contribution in [0.1, 0.15) is 12.0 Å². The van der Waals surface area contributed by atoms with E-state index in [0.29, 0.717) is 11.8 Å². The predicted molar refractivity (Wildman–Crippen MR) is 66.4 cm³/mol. The lowest BCUT2D eigenvalue weighted by Crippen LogP contribution is -2.48. The van der Waals surface area contributed by atoms with Gasteiger partial charge in [0, 0.05) is 19.2 Å². The van der Waals surface area contributed by atoms with Crippen LogP contribution in [0.4, 0.5) is 4.39 Å². The number of nitrogens with zero attached hydrogens (tertiary/aromatic N) is 1. The average molecular weight is 251 g/mol. The summed E-state index contributed by atoms with van der Waals surface area (Å²) >= 11 is 0. The molecule has 2 aliphatic rings. The molecule has 2 aliphatic heterocycles. The third-order valence-electron chi connectivity index (χ3n) is 3.76. The quantitative estimate of drug-likeness (QED) is 0.820. The third-order valence-corrected chi connectivity index (χ3v) is 3.76. The highest BCUT2D eigenvalue weighted by molar-refractivity contribution is 5.32. The van der Waals surface area contributed by atoms with Gasteiger partial charge >= 0.3 is 0 Å². The number of rotatable bonds is 3. The highest BCUT2D eigenvalue weighted by Gasteiger charge is 2.33. The number of benzene rings is 1. The molecule has 98 valence electrons. The Morgan fingerprint density at radius 3 is 2.94 bits per heavy atom. The zero-order valence-corrected chi connectivity index (χ0v) is 10.6. The fourth-order valence-electron chi connectivity index (χ4n) is 2.50. The van der Waals surface area contributed by atoms with E-state index in [9.17, 15) is 4.39 Å². The maximum atomic E-state index is 13.2. The molecule has 18 heavy (non-hydrogen) atoms. The average Bonchev–Trinajstić information content (AvgIpc) is 2.69. The van der Waals surface area contributed by atoms with Gasteiger partial charge in [0.15, 0.2) is 0 Å². The Morgan fingerprint density at radius 2 is 2.22 bits per heavy atom. The molecule has 0 radical (unpaired) electrons. The molecule has 0 aliphatic carbocycles. The summed E-state index contributed by atoms with van der Waals surface area (Å²) in [5.74, 6) is 0.435. The fourth-order valence-corrected chi connectivity index (χ4v) is 2.50. The molecule has 3 rings (SSSR count). The number of ether oxygens (including phenoxy) is 2. The molecule has 0 N–H and O–H groups in total. The van der Waals surface area contributed by atoms with Crippen molar-refractivity contribution in [1.29, 1.82) is 0 Å². The number of likely N-dealkylation sites (tertiary alicyclic amines) is 1. The molecule has 3 nitrogen and oxygen atoms in total. The van der Waals surface area contributed by atoms with Crippen molar-refractivity contribution in [3.63, 3.8) is 0 Å². The van der Waals surface area contributed by atoms with Crippen molar-refractivity contribution >= 4 is 0 Å². The summed E-state index contributed by atoms with van der Waals surface area (Å²) < 4.78 is 24.3. The van der Waals surface area contributed by atoms with Crippen molar-refractivity contribution < 1.29 is 13.9 Å². The van der Waals surface area contributed by atoms with Crippen LogP contribution in [-0.2, 0) is 4.74 Å². The van der Waals surface area contributed by atoms with Gasteiger partial charge in [-0.1, -0.05) is 6.07 Å². The van der Waals surface area contributed by atoms with Gasteiger partial charge in [0.2, 0.25) is 0 Å². The Bertz CT molecular complexity index is 434. The number of halogens is 1. The standard InChI is InChI=1S/C14H18FNO2/c1-10-2-3-11(15)6-14(10)18-13-4-5-16(7-13)12-8-17-9-12/h2-3,6,12-13H,4-5,7-9H2,1H3/t13-/m1/s1. The lowest BCUT2D eigenvalue weighted by Gasteiger charge is -2.34. The summed E-state index contributed by atoms with van der Waals surface area (Å²) in [7, 11) is 0. The minimum Gasteiger partial charge on any atom is -0.489 e. The van der Waals surface area contributed by atoms with E-state index in [1.165, 1.54) is 12.1 Å². The molecule has 2 saturated heterocycles. The molecule has 0 unspecified atom stereocenters. The molecule has 2 heterocycles. The van der Waals surface area contributed by atoms with Crippen molar-refractivity contribution in [2.75, 3.05) is 26.3 Å². The van der Waals surface area contributed by atoms with Gasteiger partial charge in [0.25, 0.3) is 0 Å². The number of hydrogen-bond donors (Lipinski definition) is 0. The minimum absolute atomic E-state index is 0.172. The molecule has 0 bridgehead atoms. The number of hydrogen-bond acceptors (Lipinski definition) is 3. The smallest absolute Gasteiger partial charge is 0.126 e. The van der Waals surface area contributed by atoms with Crippen molar-refractivity contribution in [3.05, 3.63) is 29.6 Å². The van der Waals surface area contributed by atoms with E-state index in [1.54, 1.807) is 6.07 Å². The van der Waals surface area contributed by atoms with Crippen LogP contribution in [0.2, 0.25) is 0 Å². The molecule has 0 spiro atoms. The summed E-state index contributed by atoms with van der Waals surface area (Å²) in [6, 6.07) is 5.27. The van der Waals surface area contributed by atoms with Gasteiger partial charge in [-0.2, -0.15) is 0 Å². The third kappa shape index (κ3) is 2.35. The second-order valence-corrected chi connectivity index (χ2v) is 5.12. The topological polar surface area (TPSA) is 21.7 Å². The highest BCUT2D eigenvalue weighted by atomic mass is 19.1. The Hall–Kier alpha value is -1.13. The van der Waals surface area contributed by atoms with Crippen LogP contribution in [0.25, 0.3) is 0 Å². The largest absolute Gasteiger partial charge is 0.489 e. The first-order chi connectivity index (χ1) is 8.72. The summed E-state index contributed by atoms with van der Waals surface area (Å²) in [6.45, 7) is 5.59. The van der Waals surface area contributed by atoms with Crippen LogP contribution in [-0.4, -0.2) is 43.3 Å². The Balaban J connectivity index is 1.61. The van der Waals surface area contributed by atoms with E-state index in [4.69, 9.17) is 9.47 Å². The summed E-state index contributed by atoms with van der Waals surface area (Å²) in [4.78, 5) is 2.41. The van der Waals surface area contributed by atoms with Gasteiger partial charge in [-0.3, -0.25) is 4.90 Å². The predicted octanol–water partition coefficient (Wildman–Crippen LogP) is 1.99. The van der Waals surface area contributed by atoms with Crippen LogP contribution in [0.15, 0.2) is 18.2 Å². The van der Waals surface area contributed by atoms with E-state index in [2.05, 4.69) is 4.90 Å². The highest BCUT2D eigenvalue weighted by Crippen LogP contribution is 2.25. The Labute approximate surface area is 106 Å². The van der Waals surface area contributed by atoms with Crippen LogP contribution >= 0.6 is 0 Å². The first kappa shape index (κ1) is 11.9. The lowest BCUT2D eigenvalue weighted by atomic mass is 10.2. The van der Waals surface area contributed by atoms with Gasteiger partial charge in [-0.05, 0) is 25.0 Å². The van der Waals surface area contributed by atoms with Crippen molar-refractivity contribution in [3.8, 4) is 5.75 Å². The summed E-state index contributed by atoms with van der Waals surface area (Å²) in [6.07, 6.45) is 1.18. The van der Waals surface area contributed by atoms with E-state index >= 15 is 0 Å². The van der Waals surface area contributed by atoms with E-state index in [-0.39, 0.29) is 11.9 Å². The lowest BCUT2D eigenvalue weighted by molar-refractivity contribution is -0.0592. The van der Waals surface area contributed by atoms with E-state index in [1.807, 2.05) is 6.92 Å². The maximum Gasteiger partial charge on any atom is 0.126 e. The van der Waals surface area contributed by atoms with Crippen LogP contribution in [0, 0.1) is 12.7 Å². The van der Waals surface area contributed by atoms with Gasteiger partial charge < -0.3 is 9.47 Å². The van der Waals surface area contributed by atoms with Crippen LogP contribution in [0.5, 0.6) is 5.75 Å². The van der Waals surface area contributed by atoms with Crippen molar-refractivity contribution in [2.45, 2.75) is 25.5 Å². The molecule has 1 aromatic carbocycles. The molecular weight excluding hydrogens is 233 g/mol. The van der Waals surface area contributed by atoms with E-state index in [0.717, 1.165) is 38.3 Å². The molecule has 1 atom stereocenters. The molecule has 1 aromatic rings. The normalized spacial score (nSPS) is 25.1. The second-order valence-electron chi connectivity index (χ2n) is 5.12. The maximum absolute atomic E-state index is 13.2.